The molecule has 1 aliphatic heterocycles. The van der Waals surface area contributed by atoms with Gasteiger partial charge in [0.15, 0.2) is 5.11 Å². The van der Waals surface area contributed by atoms with Crippen LogP contribution in [0.25, 0.3) is 0 Å². The van der Waals surface area contributed by atoms with Crippen molar-refractivity contribution in [3.8, 4) is 0 Å². The van der Waals surface area contributed by atoms with Crippen LogP contribution in [0, 0.1) is 5.92 Å². The summed E-state index contributed by atoms with van der Waals surface area (Å²) >= 11 is 5.48. The monoisotopic (exact) mass is 226 g/mol. The number of hydrogen-bond acceptors (Lipinski definition) is 1. The van der Waals surface area contributed by atoms with Crippen molar-refractivity contribution in [2.75, 3.05) is 13.1 Å². The normalized spacial score (nSPS) is 28.1. The number of piperidine rings is 1. The highest BCUT2D eigenvalue weighted by Crippen LogP contribution is 2.19. The van der Waals surface area contributed by atoms with Crippen molar-refractivity contribution < 1.29 is 0 Å². The summed E-state index contributed by atoms with van der Waals surface area (Å²) in [6, 6.07) is 0.662. The summed E-state index contributed by atoms with van der Waals surface area (Å²) in [7, 11) is 0. The van der Waals surface area contributed by atoms with Gasteiger partial charge in [-0.25, -0.2) is 0 Å². The molecule has 1 saturated heterocycles. The quantitative estimate of drug-likeness (QED) is 0.692. The Balaban J connectivity index is 1.78. The molecular weight excluding hydrogens is 204 g/mol. The van der Waals surface area contributed by atoms with Gasteiger partial charge in [0.1, 0.15) is 0 Å². The van der Waals surface area contributed by atoms with Crippen LogP contribution in [0.1, 0.15) is 45.4 Å². The smallest absolute Gasteiger partial charge is 0.169 e. The Kier molecular flexibility index (Phi) is 3.84. The Bertz CT molecular complexity index is 224. The third-order valence-electron chi connectivity index (χ3n) is 3.63. The third kappa shape index (κ3) is 3.07. The highest BCUT2D eigenvalue weighted by Gasteiger charge is 2.21. The molecule has 1 aliphatic carbocycles. The topological polar surface area (TPSA) is 15.3 Å². The average molecular weight is 226 g/mol. The van der Waals surface area contributed by atoms with E-state index < -0.39 is 0 Å². The molecule has 0 amide bonds. The van der Waals surface area contributed by atoms with Crippen molar-refractivity contribution in [1.82, 2.24) is 10.2 Å². The molecule has 15 heavy (non-hydrogen) atoms. The van der Waals surface area contributed by atoms with Crippen molar-refractivity contribution in [2.45, 2.75) is 51.5 Å². The van der Waals surface area contributed by atoms with Crippen molar-refractivity contribution in [3.63, 3.8) is 0 Å². The van der Waals surface area contributed by atoms with E-state index in [4.69, 9.17) is 12.2 Å². The first-order valence-electron chi connectivity index (χ1n) is 6.31. The number of hydrogen-bond donors (Lipinski definition) is 1. The van der Waals surface area contributed by atoms with E-state index in [2.05, 4.69) is 17.1 Å². The molecule has 2 nitrogen and oxygen atoms in total. The highest BCUT2D eigenvalue weighted by atomic mass is 32.1. The van der Waals surface area contributed by atoms with Gasteiger partial charge >= 0.3 is 0 Å². The molecule has 0 aromatic rings. The summed E-state index contributed by atoms with van der Waals surface area (Å²) in [6.07, 6.45) is 8.02. The molecule has 0 radical (unpaired) electrons. The third-order valence-corrected chi connectivity index (χ3v) is 4.00. The zero-order valence-corrected chi connectivity index (χ0v) is 10.5. The zero-order valence-electron chi connectivity index (χ0n) is 9.67. The summed E-state index contributed by atoms with van der Waals surface area (Å²) < 4.78 is 0. The van der Waals surface area contributed by atoms with Crippen LogP contribution >= 0.6 is 12.2 Å². The van der Waals surface area contributed by atoms with E-state index in [0.717, 1.165) is 24.1 Å². The van der Waals surface area contributed by atoms with Gasteiger partial charge in [-0.1, -0.05) is 19.8 Å². The summed E-state index contributed by atoms with van der Waals surface area (Å²) in [5, 5.41) is 4.53. The molecule has 2 rings (SSSR count). The molecule has 1 saturated carbocycles. The van der Waals surface area contributed by atoms with Gasteiger partial charge in [0.25, 0.3) is 0 Å². The van der Waals surface area contributed by atoms with Crippen molar-refractivity contribution in [3.05, 3.63) is 0 Å². The van der Waals surface area contributed by atoms with E-state index in [-0.39, 0.29) is 0 Å². The molecule has 2 aliphatic rings. The zero-order chi connectivity index (χ0) is 10.7. The van der Waals surface area contributed by atoms with Crippen LogP contribution in [0.5, 0.6) is 0 Å². The summed E-state index contributed by atoms with van der Waals surface area (Å²) in [5.41, 5.74) is 0. The minimum Gasteiger partial charge on any atom is -0.360 e. The number of rotatable bonds is 1. The van der Waals surface area contributed by atoms with Crippen LogP contribution in [0.15, 0.2) is 0 Å². The van der Waals surface area contributed by atoms with Crippen LogP contribution in [-0.2, 0) is 0 Å². The Labute approximate surface area is 98.4 Å². The highest BCUT2D eigenvalue weighted by molar-refractivity contribution is 7.80. The average Bonchev–Trinajstić information content (AvgIpc) is 2.70. The van der Waals surface area contributed by atoms with Crippen LogP contribution in [0.2, 0.25) is 0 Å². The van der Waals surface area contributed by atoms with E-state index in [1.54, 1.807) is 0 Å². The lowest BCUT2D eigenvalue weighted by molar-refractivity contribution is 0.268. The largest absolute Gasteiger partial charge is 0.360 e. The number of likely N-dealkylation sites (tertiary alicyclic amines) is 1. The maximum atomic E-state index is 5.48. The predicted octanol–water partition coefficient (Wildman–Crippen LogP) is 2.54. The second-order valence-corrected chi connectivity index (χ2v) is 5.51. The first kappa shape index (κ1) is 11.2. The molecule has 0 unspecified atom stereocenters. The van der Waals surface area contributed by atoms with Crippen LogP contribution in [0.3, 0.4) is 0 Å². The molecule has 0 bridgehead atoms. The van der Waals surface area contributed by atoms with Gasteiger partial charge in [-0.3, -0.25) is 0 Å². The minimum absolute atomic E-state index is 0.662. The maximum absolute atomic E-state index is 5.48. The lowest BCUT2D eigenvalue weighted by Gasteiger charge is -2.34. The second kappa shape index (κ2) is 5.15. The van der Waals surface area contributed by atoms with Gasteiger partial charge in [-0.15, -0.1) is 0 Å². The molecule has 0 aromatic carbocycles. The molecule has 3 heteroatoms. The molecule has 1 atom stereocenters. The Morgan fingerprint density at radius 1 is 1.20 bits per heavy atom. The molecule has 0 spiro atoms. The van der Waals surface area contributed by atoms with Crippen molar-refractivity contribution >= 4 is 17.3 Å². The van der Waals surface area contributed by atoms with E-state index >= 15 is 0 Å². The number of thiocarbonyl (C=S) groups is 1. The predicted molar refractivity (Wildman–Crippen MR) is 68.0 cm³/mol. The van der Waals surface area contributed by atoms with Crippen LogP contribution < -0.4 is 5.32 Å². The minimum atomic E-state index is 0.662. The van der Waals surface area contributed by atoms with Gasteiger partial charge in [0.2, 0.25) is 0 Å². The van der Waals surface area contributed by atoms with Gasteiger partial charge in [-0.2, -0.15) is 0 Å². The van der Waals surface area contributed by atoms with Gasteiger partial charge in [0.05, 0.1) is 0 Å². The van der Waals surface area contributed by atoms with E-state index in [1.807, 2.05) is 0 Å². The number of nitrogens with zero attached hydrogens (tertiary/aromatic N) is 1. The first-order chi connectivity index (χ1) is 7.25. The lowest BCUT2D eigenvalue weighted by atomic mass is 10.0. The van der Waals surface area contributed by atoms with Crippen LogP contribution in [0.4, 0.5) is 0 Å². The Hall–Kier alpha value is -0.310. The van der Waals surface area contributed by atoms with Gasteiger partial charge < -0.3 is 10.2 Å². The molecule has 1 N–H and O–H groups in total. The van der Waals surface area contributed by atoms with Crippen molar-refractivity contribution in [1.29, 1.82) is 0 Å². The number of nitrogens with one attached hydrogen (secondary N) is 1. The van der Waals surface area contributed by atoms with E-state index in [0.29, 0.717) is 6.04 Å². The van der Waals surface area contributed by atoms with Crippen LogP contribution in [-0.4, -0.2) is 29.1 Å². The fourth-order valence-corrected chi connectivity index (χ4v) is 3.04. The molecule has 0 aromatic heterocycles. The summed E-state index contributed by atoms with van der Waals surface area (Å²) in [4.78, 5) is 2.36. The molecule has 2 fully saturated rings. The molecular formula is C12H22N2S. The fourth-order valence-electron chi connectivity index (χ4n) is 2.71. The standard InChI is InChI=1S/C12H22N2S/c1-10-5-4-8-14(9-10)12(15)13-11-6-2-3-7-11/h10-11H,2-9H2,1H3,(H,13,15)/t10-/m0/s1. The van der Waals surface area contributed by atoms with E-state index in [1.165, 1.54) is 38.5 Å². The van der Waals surface area contributed by atoms with Gasteiger partial charge in [0, 0.05) is 19.1 Å². The fraction of sp³-hybridized carbons (Fsp3) is 0.917. The SMILES string of the molecule is C[C@H]1CCCN(C(=S)NC2CCCC2)C1. The maximum Gasteiger partial charge on any atom is 0.169 e. The summed E-state index contributed by atoms with van der Waals surface area (Å²) in [5.74, 6) is 0.807. The summed E-state index contributed by atoms with van der Waals surface area (Å²) in [6.45, 7) is 4.63. The molecule has 1 heterocycles. The second-order valence-electron chi connectivity index (χ2n) is 5.12. The first-order valence-corrected chi connectivity index (χ1v) is 6.72. The Morgan fingerprint density at radius 3 is 2.60 bits per heavy atom. The van der Waals surface area contributed by atoms with E-state index in [9.17, 15) is 0 Å². The van der Waals surface area contributed by atoms with Gasteiger partial charge in [-0.05, 0) is 43.8 Å². The van der Waals surface area contributed by atoms with Crippen molar-refractivity contribution in [2.24, 2.45) is 5.92 Å². The lowest BCUT2D eigenvalue weighted by Crippen LogP contribution is -2.47. The Morgan fingerprint density at radius 2 is 1.93 bits per heavy atom. The molecule has 86 valence electrons.